The van der Waals surface area contributed by atoms with E-state index in [1.54, 1.807) is 0 Å². The molecule has 1 fully saturated rings. The summed E-state index contributed by atoms with van der Waals surface area (Å²) in [6.45, 7) is 2.21. The van der Waals surface area contributed by atoms with E-state index in [0.717, 1.165) is 29.8 Å². The van der Waals surface area contributed by atoms with Gasteiger partial charge >= 0.3 is 0 Å². The van der Waals surface area contributed by atoms with Crippen molar-refractivity contribution < 1.29 is 9.59 Å². The van der Waals surface area contributed by atoms with E-state index >= 15 is 0 Å². The fraction of sp³-hybridized carbons (Fsp3) is 0.333. The van der Waals surface area contributed by atoms with Gasteiger partial charge in [-0.05, 0) is 54.0 Å². The van der Waals surface area contributed by atoms with E-state index in [0.29, 0.717) is 25.7 Å². The van der Waals surface area contributed by atoms with Gasteiger partial charge in [0.15, 0.2) is 0 Å². The summed E-state index contributed by atoms with van der Waals surface area (Å²) >= 11 is 0. The lowest BCUT2D eigenvalue weighted by atomic mass is 9.86. The average molecular weight is 440 g/mol. The maximum Gasteiger partial charge on any atom is 0.137 e. The molecule has 0 aromatic heterocycles. The number of carbonyl (C=O) groups excluding carboxylic acids is 2. The maximum atomic E-state index is 12.9. The van der Waals surface area contributed by atoms with Gasteiger partial charge in [-0.2, -0.15) is 0 Å². The Labute approximate surface area is 197 Å². The summed E-state index contributed by atoms with van der Waals surface area (Å²) in [5.74, 6) is 0.269. The number of carbonyl (C=O) groups is 2. The van der Waals surface area contributed by atoms with Crippen molar-refractivity contribution in [2.45, 2.75) is 50.9 Å². The van der Waals surface area contributed by atoms with E-state index in [1.165, 1.54) is 24.9 Å². The van der Waals surface area contributed by atoms with Gasteiger partial charge in [0.25, 0.3) is 0 Å². The van der Waals surface area contributed by atoms with Gasteiger partial charge in [0.1, 0.15) is 11.6 Å². The van der Waals surface area contributed by atoms with Crippen LogP contribution in [0.2, 0.25) is 0 Å². The van der Waals surface area contributed by atoms with E-state index in [-0.39, 0.29) is 17.5 Å². The molecular weight excluding hydrogens is 406 g/mol. The van der Waals surface area contributed by atoms with E-state index < -0.39 is 0 Å². The molecule has 0 aliphatic carbocycles. The van der Waals surface area contributed by atoms with Crippen molar-refractivity contribution in [3.63, 3.8) is 0 Å². The summed E-state index contributed by atoms with van der Waals surface area (Å²) in [7, 11) is 0. The van der Waals surface area contributed by atoms with Crippen LogP contribution in [0.4, 0.5) is 5.69 Å². The number of hydrogen-bond donors (Lipinski definition) is 0. The lowest BCUT2D eigenvalue weighted by molar-refractivity contribution is -0.120. The number of rotatable bonds is 10. The molecule has 0 radical (unpaired) electrons. The molecule has 1 saturated heterocycles. The Kier molecular flexibility index (Phi) is 8.08. The van der Waals surface area contributed by atoms with E-state index in [9.17, 15) is 9.59 Å². The van der Waals surface area contributed by atoms with Crippen LogP contribution >= 0.6 is 0 Å². The van der Waals surface area contributed by atoms with Crippen molar-refractivity contribution in [2.24, 2.45) is 0 Å². The molecule has 0 amide bonds. The molecular formula is C30H33NO2. The Hall–Kier alpha value is -3.20. The molecule has 1 heterocycles. The highest BCUT2D eigenvalue weighted by Crippen LogP contribution is 2.29. The van der Waals surface area contributed by atoms with Crippen molar-refractivity contribution in [3.8, 4) is 0 Å². The molecule has 170 valence electrons. The molecule has 0 bridgehead atoms. The largest absolute Gasteiger partial charge is 0.372 e. The van der Waals surface area contributed by atoms with Gasteiger partial charge in [0.05, 0.1) is 0 Å². The van der Waals surface area contributed by atoms with Crippen LogP contribution in [-0.2, 0) is 22.4 Å². The van der Waals surface area contributed by atoms with Crippen molar-refractivity contribution in [1.82, 2.24) is 0 Å². The predicted octanol–water partition coefficient (Wildman–Crippen LogP) is 6.16. The third-order valence-electron chi connectivity index (χ3n) is 6.52. The Balaban J connectivity index is 1.47. The van der Waals surface area contributed by atoms with Crippen molar-refractivity contribution >= 4 is 17.3 Å². The molecule has 4 rings (SSSR count). The number of Topliss-reactive ketones (excluding diaryl/α,β-unsaturated/α-hetero) is 2. The zero-order valence-corrected chi connectivity index (χ0v) is 19.3. The van der Waals surface area contributed by atoms with Gasteiger partial charge in [-0.25, -0.2) is 0 Å². The fourth-order valence-corrected chi connectivity index (χ4v) is 4.76. The molecule has 3 heteroatoms. The summed E-state index contributed by atoms with van der Waals surface area (Å²) in [6, 6.07) is 28.3. The zero-order valence-electron chi connectivity index (χ0n) is 19.3. The monoisotopic (exact) mass is 439 g/mol. The summed E-state index contributed by atoms with van der Waals surface area (Å²) in [5, 5.41) is 0. The van der Waals surface area contributed by atoms with Crippen LogP contribution in [0.3, 0.4) is 0 Å². The topological polar surface area (TPSA) is 37.4 Å². The molecule has 33 heavy (non-hydrogen) atoms. The van der Waals surface area contributed by atoms with Crippen LogP contribution in [0, 0.1) is 0 Å². The summed E-state index contributed by atoms with van der Waals surface area (Å²) in [4.78, 5) is 28.3. The highest BCUT2D eigenvalue weighted by atomic mass is 16.1. The molecule has 3 aromatic carbocycles. The number of hydrogen-bond acceptors (Lipinski definition) is 3. The standard InChI is InChI=1S/C30H33NO2/c32-29(20-24-10-4-1-5-11-24)22-27(23-30(33)21-25-12-6-2-7-13-25)26-14-16-28(17-15-26)31-18-8-3-9-19-31/h1-2,4-7,10-17,27H,3,8-9,18-23H2. The lowest BCUT2D eigenvalue weighted by Crippen LogP contribution is -2.29. The number of benzene rings is 3. The Morgan fingerprint density at radius 3 is 1.61 bits per heavy atom. The first kappa shape index (κ1) is 23.0. The fourth-order valence-electron chi connectivity index (χ4n) is 4.76. The van der Waals surface area contributed by atoms with Crippen molar-refractivity contribution in [2.75, 3.05) is 18.0 Å². The van der Waals surface area contributed by atoms with Crippen LogP contribution in [0.15, 0.2) is 84.9 Å². The molecule has 1 aliphatic rings. The second kappa shape index (κ2) is 11.6. The number of piperidine rings is 1. The predicted molar refractivity (Wildman–Crippen MR) is 135 cm³/mol. The van der Waals surface area contributed by atoms with Crippen molar-refractivity contribution in [3.05, 3.63) is 102 Å². The summed E-state index contributed by atoms with van der Waals surface area (Å²) in [5.41, 5.74) is 4.37. The average Bonchev–Trinajstić information content (AvgIpc) is 2.85. The van der Waals surface area contributed by atoms with Crippen LogP contribution < -0.4 is 4.90 Å². The van der Waals surface area contributed by atoms with E-state index in [4.69, 9.17) is 0 Å². The van der Waals surface area contributed by atoms with Gasteiger partial charge in [-0.1, -0.05) is 72.8 Å². The van der Waals surface area contributed by atoms with Crippen molar-refractivity contribution in [1.29, 1.82) is 0 Å². The minimum atomic E-state index is -0.0900. The SMILES string of the molecule is O=C(Cc1ccccc1)CC(CC(=O)Cc1ccccc1)c1ccc(N2CCCCC2)cc1. The van der Waals surface area contributed by atoms with Crippen LogP contribution in [-0.4, -0.2) is 24.7 Å². The number of ketones is 2. The quantitative estimate of drug-likeness (QED) is 0.379. The molecule has 0 atom stereocenters. The van der Waals surface area contributed by atoms with Crippen LogP contribution in [0.1, 0.15) is 54.7 Å². The smallest absolute Gasteiger partial charge is 0.137 e. The summed E-state index contributed by atoms with van der Waals surface area (Å²) in [6.07, 6.45) is 5.39. The molecule has 0 N–H and O–H groups in total. The third-order valence-corrected chi connectivity index (χ3v) is 6.52. The second-order valence-electron chi connectivity index (χ2n) is 9.15. The first-order valence-corrected chi connectivity index (χ1v) is 12.1. The molecule has 0 saturated carbocycles. The first-order valence-electron chi connectivity index (χ1n) is 12.1. The highest BCUT2D eigenvalue weighted by molar-refractivity contribution is 5.85. The minimum Gasteiger partial charge on any atom is -0.372 e. The Bertz CT molecular complexity index is 966. The van der Waals surface area contributed by atoms with Gasteiger partial charge < -0.3 is 4.90 Å². The van der Waals surface area contributed by atoms with Crippen LogP contribution in [0.5, 0.6) is 0 Å². The summed E-state index contributed by atoms with van der Waals surface area (Å²) < 4.78 is 0. The number of nitrogens with zero attached hydrogens (tertiary/aromatic N) is 1. The van der Waals surface area contributed by atoms with Gasteiger partial charge in [0.2, 0.25) is 0 Å². The van der Waals surface area contributed by atoms with E-state index in [1.807, 2.05) is 60.7 Å². The molecule has 3 nitrogen and oxygen atoms in total. The zero-order chi connectivity index (χ0) is 22.9. The Morgan fingerprint density at radius 2 is 1.12 bits per heavy atom. The molecule has 3 aromatic rings. The maximum absolute atomic E-state index is 12.9. The first-order chi connectivity index (χ1) is 16.2. The normalized spacial score (nSPS) is 13.8. The molecule has 0 spiro atoms. The van der Waals surface area contributed by atoms with Crippen LogP contribution in [0.25, 0.3) is 0 Å². The van der Waals surface area contributed by atoms with Gasteiger partial charge in [0, 0.05) is 44.5 Å². The minimum absolute atomic E-state index is 0.0900. The molecule has 1 aliphatic heterocycles. The number of anilines is 1. The second-order valence-corrected chi connectivity index (χ2v) is 9.15. The highest BCUT2D eigenvalue weighted by Gasteiger charge is 2.21. The van der Waals surface area contributed by atoms with Gasteiger partial charge in [-0.15, -0.1) is 0 Å². The van der Waals surface area contributed by atoms with Gasteiger partial charge in [-0.3, -0.25) is 9.59 Å². The Morgan fingerprint density at radius 1 is 0.636 bits per heavy atom. The molecule has 0 unspecified atom stereocenters. The third kappa shape index (κ3) is 6.89. The van der Waals surface area contributed by atoms with E-state index in [2.05, 4.69) is 29.2 Å². The lowest BCUT2D eigenvalue weighted by Gasteiger charge is -2.29.